The van der Waals surface area contributed by atoms with E-state index in [4.69, 9.17) is 32.5 Å². The lowest BCUT2D eigenvalue weighted by Crippen LogP contribution is -2.33. The van der Waals surface area contributed by atoms with Gasteiger partial charge in [-0.25, -0.2) is 0 Å². The van der Waals surface area contributed by atoms with Crippen LogP contribution in [-0.4, -0.2) is 33.3 Å². The highest BCUT2D eigenvalue weighted by Gasteiger charge is 2.31. The van der Waals surface area contributed by atoms with E-state index in [1.54, 1.807) is 24.3 Å². The SMILES string of the molecule is COc1nc(N)c(C(c2ccc(Cl)cc2)c2c(N)nc(OC)n(C)c2=O)c(=O)n1C. The highest BCUT2D eigenvalue weighted by Crippen LogP contribution is 2.34. The van der Waals surface area contributed by atoms with Crippen LogP contribution in [0.25, 0.3) is 0 Å². The van der Waals surface area contributed by atoms with Crippen molar-refractivity contribution in [3.63, 3.8) is 0 Å². The monoisotopic (exact) mass is 432 g/mol. The quantitative estimate of drug-likeness (QED) is 0.605. The highest BCUT2D eigenvalue weighted by atomic mass is 35.5. The minimum Gasteiger partial charge on any atom is -0.468 e. The van der Waals surface area contributed by atoms with Gasteiger partial charge in [0.25, 0.3) is 11.1 Å². The zero-order valence-corrected chi connectivity index (χ0v) is 17.6. The molecular weight excluding hydrogens is 412 g/mol. The third-order valence-electron chi connectivity index (χ3n) is 4.77. The minimum absolute atomic E-state index is 0.0323. The second kappa shape index (κ2) is 8.07. The van der Waals surface area contributed by atoms with E-state index in [1.165, 1.54) is 37.4 Å². The van der Waals surface area contributed by atoms with Gasteiger partial charge < -0.3 is 20.9 Å². The maximum absolute atomic E-state index is 13.2. The number of nitrogens with two attached hydrogens (primary N) is 2. The average Bonchev–Trinajstić information content (AvgIpc) is 2.72. The van der Waals surface area contributed by atoms with Crippen LogP contribution in [0.3, 0.4) is 0 Å². The van der Waals surface area contributed by atoms with E-state index in [-0.39, 0.29) is 34.8 Å². The predicted molar refractivity (Wildman–Crippen MR) is 113 cm³/mol. The minimum atomic E-state index is -0.948. The van der Waals surface area contributed by atoms with Gasteiger partial charge in [0.05, 0.1) is 31.3 Å². The molecule has 0 radical (unpaired) electrons. The van der Waals surface area contributed by atoms with Gasteiger partial charge in [-0.3, -0.25) is 18.7 Å². The molecule has 10 nitrogen and oxygen atoms in total. The van der Waals surface area contributed by atoms with Crippen molar-refractivity contribution in [3.05, 3.63) is 66.7 Å². The summed E-state index contributed by atoms with van der Waals surface area (Å²) in [5, 5.41) is 0.486. The molecule has 2 aromatic heterocycles. The van der Waals surface area contributed by atoms with Gasteiger partial charge in [-0.1, -0.05) is 23.7 Å². The van der Waals surface area contributed by atoms with Crippen molar-refractivity contribution < 1.29 is 9.47 Å². The molecule has 0 amide bonds. The van der Waals surface area contributed by atoms with Gasteiger partial charge in [-0.05, 0) is 17.7 Å². The molecule has 30 heavy (non-hydrogen) atoms. The number of benzene rings is 1. The smallest absolute Gasteiger partial charge is 0.300 e. The van der Waals surface area contributed by atoms with Crippen molar-refractivity contribution in [2.75, 3.05) is 25.7 Å². The van der Waals surface area contributed by atoms with Crippen LogP contribution in [0.4, 0.5) is 11.6 Å². The summed E-state index contributed by atoms with van der Waals surface area (Å²) in [4.78, 5) is 34.7. The molecule has 0 fully saturated rings. The number of methoxy groups -OCH3 is 2. The molecule has 0 aliphatic heterocycles. The molecule has 0 saturated heterocycles. The van der Waals surface area contributed by atoms with Crippen molar-refractivity contribution in [3.8, 4) is 12.0 Å². The van der Waals surface area contributed by atoms with Crippen LogP contribution in [0.2, 0.25) is 5.02 Å². The summed E-state index contributed by atoms with van der Waals surface area (Å²) in [6.45, 7) is 0. The van der Waals surface area contributed by atoms with Crippen LogP contribution in [0.15, 0.2) is 33.9 Å². The number of aromatic nitrogens is 4. The lowest BCUT2D eigenvalue weighted by molar-refractivity contribution is 0.355. The molecule has 4 N–H and O–H groups in total. The Labute approximate surface area is 176 Å². The first-order valence-corrected chi connectivity index (χ1v) is 9.15. The molecule has 3 aromatic rings. The Hall–Kier alpha value is -3.53. The number of ether oxygens (including phenoxy) is 2. The van der Waals surface area contributed by atoms with E-state index < -0.39 is 17.0 Å². The first kappa shape index (κ1) is 21.2. The fourth-order valence-corrected chi connectivity index (χ4v) is 3.40. The third kappa shape index (κ3) is 3.45. The van der Waals surface area contributed by atoms with Crippen molar-refractivity contribution in [1.29, 1.82) is 0 Å². The van der Waals surface area contributed by atoms with Crippen LogP contribution in [0, 0.1) is 0 Å². The Kier molecular flexibility index (Phi) is 5.70. The van der Waals surface area contributed by atoms with Crippen molar-refractivity contribution in [1.82, 2.24) is 19.1 Å². The van der Waals surface area contributed by atoms with Crippen LogP contribution in [0.5, 0.6) is 12.0 Å². The Bertz CT molecular complexity index is 1150. The molecule has 0 saturated carbocycles. The number of hydrogen-bond donors (Lipinski definition) is 2. The van der Waals surface area contributed by atoms with Gasteiger partial charge in [0.15, 0.2) is 0 Å². The number of nitrogen functional groups attached to an aromatic ring is 2. The predicted octanol–water partition coefficient (Wildman–Crippen LogP) is 0.889. The number of hydrogen-bond acceptors (Lipinski definition) is 8. The lowest BCUT2D eigenvalue weighted by atomic mass is 9.86. The molecule has 1 aromatic carbocycles. The van der Waals surface area contributed by atoms with E-state index in [0.29, 0.717) is 10.6 Å². The Morgan fingerprint density at radius 1 is 0.867 bits per heavy atom. The third-order valence-corrected chi connectivity index (χ3v) is 5.03. The molecule has 11 heteroatoms. The van der Waals surface area contributed by atoms with Gasteiger partial charge in [-0.2, -0.15) is 9.97 Å². The highest BCUT2D eigenvalue weighted by molar-refractivity contribution is 6.30. The van der Waals surface area contributed by atoms with Gasteiger partial charge in [-0.15, -0.1) is 0 Å². The number of halogens is 1. The average molecular weight is 433 g/mol. The summed E-state index contributed by atoms with van der Waals surface area (Å²) in [5.41, 5.74) is 12.0. The first-order valence-electron chi connectivity index (χ1n) is 8.77. The summed E-state index contributed by atoms with van der Waals surface area (Å²) in [5.74, 6) is -1.13. The second-order valence-corrected chi connectivity index (χ2v) is 6.94. The van der Waals surface area contributed by atoms with Gasteiger partial charge in [0, 0.05) is 19.1 Å². The number of anilines is 2. The van der Waals surface area contributed by atoms with Crippen LogP contribution in [0.1, 0.15) is 22.6 Å². The van der Waals surface area contributed by atoms with Crippen molar-refractivity contribution >= 4 is 23.2 Å². The van der Waals surface area contributed by atoms with Crippen LogP contribution < -0.4 is 32.1 Å². The van der Waals surface area contributed by atoms with Crippen LogP contribution in [-0.2, 0) is 14.1 Å². The molecule has 0 spiro atoms. The normalized spacial score (nSPS) is 11.0. The summed E-state index contributed by atoms with van der Waals surface area (Å²) in [6, 6.07) is 6.70. The maximum atomic E-state index is 13.2. The van der Waals surface area contributed by atoms with Gasteiger partial charge >= 0.3 is 12.0 Å². The molecule has 0 bridgehead atoms. The summed E-state index contributed by atoms with van der Waals surface area (Å²) < 4.78 is 12.6. The topological polar surface area (TPSA) is 140 Å². The van der Waals surface area contributed by atoms with Crippen LogP contribution >= 0.6 is 11.6 Å². The van der Waals surface area contributed by atoms with E-state index in [2.05, 4.69) is 9.97 Å². The molecule has 0 unspecified atom stereocenters. The molecule has 158 valence electrons. The van der Waals surface area contributed by atoms with Crippen molar-refractivity contribution in [2.45, 2.75) is 5.92 Å². The largest absolute Gasteiger partial charge is 0.468 e. The Morgan fingerprint density at radius 3 is 1.63 bits per heavy atom. The molecule has 2 heterocycles. The van der Waals surface area contributed by atoms with Crippen molar-refractivity contribution in [2.24, 2.45) is 14.1 Å². The fourth-order valence-electron chi connectivity index (χ4n) is 3.27. The molecule has 0 aliphatic rings. The fraction of sp³-hybridized carbons (Fsp3) is 0.263. The second-order valence-electron chi connectivity index (χ2n) is 6.51. The zero-order valence-electron chi connectivity index (χ0n) is 16.8. The van der Waals surface area contributed by atoms with E-state index in [1.807, 2.05) is 0 Å². The zero-order chi connectivity index (χ0) is 22.2. The van der Waals surface area contributed by atoms with E-state index >= 15 is 0 Å². The first-order chi connectivity index (χ1) is 14.2. The maximum Gasteiger partial charge on any atom is 0.300 e. The van der Waals surface area contributed by atoms with Gasteiger partial charge in [0.2, 0.25) is 0 Å². The summed E-state index contributed by atoms with van der Waals surface area (Å²) >= 11 is 6.02. The van der Waals surface area contributed by atoms with Gasteiger partial charge in [0.1, 0.15) is 11.6 Å². The molecule has 3 rings (SSSR count). The Morgan fingerprint density at radius 2 is 1.27 bits per heavy atom. The summed E-state index contributed by atoms with van der Waals surface area (Å²) in [6.07, 6.45) is 0. The Balaban J connectivity index is 2.43. The number of nitrogens with zero attached hydrogens (tertiary/aromatic N) is 4. The molecule has 0 atom stereocenters. The van der Waals surface area contributed by atoms with E-state index in [9.17, 15) is 9.59 Å². The lowest BCUT2D eigenvalue weighted by Gasteiger charge is -2.22. The summed E-state index contributed by atoms with van der Waals surface area (Å²) in [7, 11) is 5.73. The molecule has 0 aliphatic carbocycles. The standard InChI is InChI=1S/C19H21ClN6O4/c1-25-16(27)12(14(21)23-18(25)29-3)11(9-5-7-10(20)8-6-9)13-15(22)24-19(30-4)26(2)17(13)28/h5-8,11H,21-22H2,1-4H3. The molecular formula is C19H21ClN6O4. The van der Waals surface area contributed by atoms with E-state index in [0.717, 1.165) is 0 Å². The number of rotatable bonds is 5.